The van der Waals surface area contributed by atoms with Gasteiger partial charge in [0.05, 0.1) is 0 Å². The lowest BCUT2D eigenvalue weighted by atomic mass is 9.49. The Morgan fingerprint density at radius 3 is 1.93 bits per heavy atom. The highest BCUT2D eigenvalue weighted by Gasteiger charge is 2.67. The Kier molecular flexibility index (Phi) is 1.38. The van der Waals surface area contributed by atoms with E-state index in [-0.39, 0.29) is 0 Å². The molecule has 0 aromatic carbocycles. The van der Waals surface area contributed by atoms with Crippen molar-refractivity contribution in [2.24, 2.45) is 40.7 Å². The summed E-state index contributed by atoms with van der Waals surface area (Å²) in [5, 5.41) is 0. The molecule has 0 saturated heterocycles. The first-order chi connectivity index (χ1) is 6.83. The molecule has 1 spiro atoms. The first-order valence-corrected chi connectivity index (χ1v) is 6.53. The van der Waals surface area contributed by atoms with Crippen LogP contribution in [0.1, 0.15) is 38.5 Å². The third-order valence-electron chi connectivity index (χ3n) is 6.14. The fourth-order valence-electron chi connectivity index (χ4n) is 5.73. The van der Waals surface area contributed by atoms with Gasteiger partial charge < -0.3 is 5.73 Å². The van der Waals surface area contributed by atoms with Gasteiger partial charge in [-0.2, -0.15) is 0 Å². The maximum absolute atomic E-state index is 5.89. The van der Waals surface area contributed by atoms with E-state index < -0.39 is 0 Å². The highest BCUT2D eigenvalue weighted by atomic mass is 14.8. The molecule has 1 heteroatoms. The fourth-order valence-corrected chi connectivity index (χ4v) is 5.73. The van der Waals surface area contributed by atoms with E-state index in [0.717, 1.165) is 41.5 Å². The van der Waals surface area contributed by atoms with Crippen molar-refractivity contribution in [3.63, 3.8) is 0 Å². The molecule has 2 N–H and O–H groups in total. The van der Waals surface area contributed by atoms with Crippen molar-refractivity contribution in [3.8, 4) is 0 Å². The van der Waals surface area contributed by atoms with Gasteiger partial charge in [-0.05, 0) is 80.1 Å². The Balaban J connectivity index is 1.69. The summed E-state index contributed by atoms with van der Waals surface area (Å²) in [6.45, 7) is 0.975. The van der Waals surface area contributed by atoms with Gasteiger partial charge in [0.1, 0.15) is 0 Å². The van der Waals surface area contributed by atoms with Crippen LogP contribution in [-0.2, 0) is 0 Å². The number of rotatable bonds is 1. The minimum atomic E-state index is 0.794. The van der Waals surface area contributed by atoms with E-state index in [1.165, 1.54) is 6.42 Å². The van der Waals surface area contributed by atoms with Gasteiger partial charge in [0.25, 0.3) is 0 Å². The second-order valence-corrected chi connectivity index (χ2v) is 6.55. The molecule has 0 radical (unpaired) electrons. The van der Waals surface area contributed by atoms with Crippen LogP contribution >= 0.6 is 0 Å². The van der Waals surface area contributed by atoms with Gasteiger partial charge >= 0.3 is 0 Å². The molecule has 78 valence electrons. The second-order valence-electron chi connectivity index (χ2n) is 6.55. The molecule has 14 heavy (non-hydrogen) atoms. The third-order valence-corrected chi connectivity index (χ3v) is 6.14. The van der Waals surface area contributed by atoms with E-state index in [0.29, 0.717) is 0 Å². The Hall–Kier alpha value is -0.0400. The maximum atomic E-state index is 5.89. The SMILES string of the molecule is NC[C@H]1CC12C1CC3CC(C1)CC2C3. The van der Waals surface area contributed by atoms with Crippen LogP contribution in [0, 0.1) is 35.0 Å². The predicted octanol–water partition coefficient (Wildman–Crippen LogP) is 2.41. The first-order valence-electron chi connectivity index (χ1n) is 6.53. The summed E-state index contributed by atoms with van der Waals surface area (Å²) >= 11 is 0. The predicted molar refractivity (Wildman–Crippen MR) is 56.6 cm³/mol. The maximum Gasteiger partial charge on any atom is -0.00431 e. The minimum absolute atomic E-state index is 0.794. The van der Waals surface area contributed by atoms with Gasteiger partial charge in [-0.15, -0.1) is 0 Å². The molecule has 0 aromatic rings. The van der Waals surface area contributed by atoms with Gasteiger partial charge in [-0.25, -0.2) is 0 Å². The van der Waals surface area contributed by atoms with Crippen LogP contribution in [0.4, 0.5) is 0 Å². The molecule has 0 aliphatic heterocycles. The summed E-state index contributed by atoms with van der Waals surface area (Å²) in [5.41, 5.74) is 6.68. The molecule has 5 aliphatic carbocycles. The van der Waals surface area contributed by atoms with E-state index >= 15 is 0 Å². The summed E-state index contributed by atoms with van der Waals surface area (Å²) in [4.78, 5) is 0. The number of nitrogens with two attached hydrogens (primary N) is 1. The average molecular weight is 191 g/mol. The summed E-state index contributed by atoms with van der Waals surface area (Å²) in [6, 6.07) is 0. The van der Waals surface area contributed by atoms with Crippen molar-refractivity contribution in [1.29, 1.82) is 0 Å². The average Bonchev–Trinajstić information content (AvgIpc) is 2.89. The molecule has 4 bridgehead atoms. The lowest BCUT2D eigenvalue weighted by Gasteiger charge is -2.56. The van der Waals surface area contributed by atoms with Gasteiger partial charge in [0, 0.05) is 0 Å². The smallest absolute Gasteiger partial charge is 0.00431 e. The van der Waals surface area contributed by atoms with Crippen molar-refractivity contribution >= 4 is 0 Å². The van der Waals surface area contributed by atoms with E-state index in [1.54, 1.807) is 32.1 Å². The Bertz CT molecular complexity index is 242. The summed E-state index contributed by atoms with van der Waals surface area (Å²) in [6.07, 6.45) is 9.37. The molecule has 1 atom stereocenters. The van der Waals surface area contributed by atoms with Crippen LogP contribution in [0.5, 0.6) is 0 Å². The molecule has 5 aliphatic rings. The van der Waals surface area contributed by atoms with Crippen LogP contribution in [0.15, 0.2) is 0 Å². The first kappa shape index (κ1) is 8.15. The van der Waals surface area contributed by atoms with Crippen LogP contribution < -0.4 is 5.73 Å². The van der Waals surface area contributed by atoms with Crippen LogP contribution in [0.2, 0.25) is 0 Å². The highest BCUT2D eigenvalue weighted by molar-refractivity contribution is 5.17. The lowest BCUT2D eigenvalue weighted by molar-refractivity contribution is -0.0594. The van der Waals surface area contributed by atoms with Gasteiger partial charge in [-0.1, -0.05) is 0 Å². The minimum Gasteiger partial charge on any atom is -0.330 e. The monoisotopic (exact) mass is 191 g/mol. The zero-order valence-electron chi connectivity index (χ0n) is 8.91. The van der Waals surface area contributed by atoms with Crippen LogP contribution in [-0.4, -0.2) is 6.54 Å². The van der Waals surface area contributed by atoms with Crippen molar-refractivity contribution < 1.29 is 0 Å². The van der Waals surface area contributed by atoms with E-state index in [9.17, 15) is 0 Å². The van der Waals surface area contributed by atoms with Gasteiger partial charge in [-0.3, -0.25) is 0 Å². The number of hydrogen-bond donors (Lipinski definition) is 1. The van der Waals surface area contributed by atoms with Crippen LogP contribution in [0.3, 0.4) is 0 Å². The normalized spacial score (nSPS) is 63.6. The number of hydrogen-bond acceptors (Lipinski definition) is 1. The van der Waals surface area contributed by atoms with Gasteiger partial charge in [0.15, 0.2) is 0 Å². The topological polar surface area (TPSA) is 26.0 Å². The highest BCUT2D eigenvalue weighted by Crippen LogP contribution is 2.74. The van der Waals surface area contributed by atoms with Gasteiger partial charge in [0.2, 0.25) is 0 Å². The molecule has 0 heterocycles. The molecule has 5 saturated carbocycles. The Morgan fingerprint density at radius 2 is 1.50 bits per heavy atom. The quantitative estimate of drug-likeness (QED) is 0.676. The van der Waals surface area contributed by atoms with Crippen molar-refractivity contribution in [3.05, 3.63) is 0 Å². The lowest BCUT2D eigenvalue weighted by Crippen LogP contribution is -2.47. The van der Waals surface area contributed by atoms with Crippen molar-refractivity contribution in [2.75, 3.05) is 6.54 Å². The summed E-state index contributed by atoms with van der Waals surface area (Å²) < 4.78 is 0. The molecule has 0 aromatic heterocycles. The Labute approximate surface area is 86.4 Å². The van der Waals surface area contributed by atoms with Crippen molar-refractivity contribution in [2.45, 2.75) is 38.5 Å². The Morgan fingerprint density at radius 1 is 0.929 bits per heavy atom. The third kappa shape index (κ3) is 0.778. The van der Waals surface area contributed by atoms with E-state index in [1.807, 2.05) is 0 Å². The summed E-state index contributed by atoms with van der Waals surface area (Å²) in [7, 11) is 0. The van der Waals surface area contributed by atoms with E-state index in [4.69, 9.17) is 5.73 Å². The fraction of sp³-hybridized carbons (Fsp3) is 1.00. The zero-order valence-corrected chi connectivity index (χ0v) is 8.91. The zero-order chi connectivity index (χ0) is 9.34. The standard InChI is InChI=1S/C13H21N/c14-7-12-6-13(12)10-2-8-1-9(4-10)5-11(13)3-8/h8-12H,1-7,14H2/t8?,9?,10?,11?,12-,13?/m1/s1. The largest absolute Gasteiger partial charge is 0.330 e. The summed E-state index contributed by atoms with van der Waals surface area (Å²) in [5.74, 6) is 5.39. The van der Waals surface area contributed by atoms with E-state index in [2.05, 4.69) is 0 Å². The molecular formula is C13H21N. The molecule has 0 unspecified atom stereocenters. The molecular weight excluding hydrogens is 170 g/mol. The molecule has 5 rings (SSSR count). The second kappa shape index (κ2) is 2.37. The molecule has 5 fully saturated rings. The van der Waals surface area contributed by atoms with Crippen molar-refractivity contribution in [1.82, 2.24) is 0 Å². The molecule has 0 amide bonds. The molecule has 1 nitrogen and oxygen atoms in total. The van der Waals surface area contributed by atoms with Crippen LogP contribution in [0.25, 0.3) is 0 Å².